The second kappa shape index (κ2) is 10.3. The lowest BCUT2D eigenvalue weighted by atomic mass is 10.0. The summed E-state index contributed by atoms with van der Waals surface area (Å²) in [4.78, 5) is 21.0. The zero-order chi connectivity index (χ0) is 22.3. The molecule has 0 amide bonds. The maximum Gasteiger partial charge on any atom is 0.348 e. The number of carbonyl (C=O) groups is 1. The Balaban J connectivity index is 1.66. The van der Waals surface area contributed by atoms with Crippen LogP contribution in [0.5, 0.6) is 5.75 Å². The summed E-state index contributed by atoms with van der Waals surface area (Å²) in [5.74, 6) is 0.124. The van der Waals surface area contributed by atoms with Crippen molar-refractivity contribution in [3.05, 3.63) is 66.5 Å². The van der Waals surface area contributed by atoms with Crippen LogP contribution in [0, 0.1) is 0 Å². The van der Waals surface area contributed by atoms with Gasteiger partial charge in [-0.1, -0.05) is 63.1 Å². The largest absolute Gasteiger partial charge is 0.424 e. The van der Waals surface area contributed by atoms with Gasteiger partial charge >= 0.3 is 5.97 Å². The first-order chi connectivity index (χ1) is 14.9. The lowest BCUT2D eigenvalue weighted by Gasteiger charge is -2.17. The molecule has 31 heavy (non-hydrogen) atoms. The highest BCUT2D eigenvalue weighted by atomic mass is 19.1. The summed E-state index contributed by atoms with van der Waals surface area (Å²) in [7, 11) is 0. The van der Waals surface area contributed by atoms with Crippen molar-refractivity contribution in [2.75, 3.05) is 0 Å². The number of halogens is 1. The van der Waals surface area contributed by atoms with Gasteiger partial charge in [-0.15, -0.1) is 0 Å². The Kier molecular flexibility index (Phi) is 7.50. The smallest absolute Gasteiger partial charge is 0.348 e. The number of unbranched alkanes of at least 4 members (excludes halogenated alkanes) is 1. The van der Waals surface area contributed by atoms with E-state index in [4.69, 9.17) is 4.74 Å². The topological polar surface area (TPSA) is 52.1 Å². The molecule has 0 saturated heterocycles. The second-order valence-electron chi connectivity index (χ2n) is 7.96. The number of nitrogens with zero attached hydrogens (tertiary/aromatic N) is 2. The molecule has 3 rings (SSSR count). The second-order valence-corrected chi connectivity index (χ2v) is 7.96. The summed E-state index contributed by atoms with van der Waals surface area (Å²) >= 11 is 0. The van der Waals surface area contributed by atoms with Crippen LogP contribution in [-0.4, -0.2) is 21.6 Å². The summed E-state index contributed by atoms with van der Waals surface area (Å²) in [5.41, 5.74) is 2.06. The minimum absolute atomic E-state index is 0.134. The Bertz CT molecular complexity index is 981. The van der Waals surface area contributed by atoms with Crippen molar-refractivity contribution in [2.45, 2.75) is 58.5 Å². The summed E-state index contributed by atoms with van der Waals surface area (Å²) in [6.45, 7) is 5.28. The molecule has 0 spiro atoms. The molecule has 1 unspecified atom stereocenters. The summed E-state index contributed by atoms with van der Waals surface area (Å²) in [6.07, 6.45) is 7.71. The molecule has 3 aromatic rings. The van der Waals surface area contributed by atoms with E-state index < -0.39 is 11.6 Å². The number of aromatic nitrogens is 2. The van der Waals surface area contributed by atoms with Gasteiger partial charge < -0.3 is 4.74 Å². The van der Waals surface area contributed by atoms with E-state index in [2.05, 4.69) is 41.2 Å². The number of esters is 1. The molecule has 0 fully saturated rings. The third-order valence-corrected chi connectivity index (χ3v) is 5.23. The van der Waals surface area contributed by atoms with Crippen molar-refractivity contribution >= 4 is 5.97 Å². The van der Waals surface area contributed by atoms with E-state index in [1.807, 2.05) is 6.92 Å². The van der Waals surface area contributed by atoms with Gasteiger partial charge in [0, 0.05) is 23.5 Å². The number of ether oxygens (including phenoxy) is 1. The van der Waals surface area contributed by atoms with E-state index in [1.54, 1.807) is 36.7 Å². The van der Waals surface area contributed by atoms with Crippen LogP contribution in [0.25, 0.3) is 22.5 Å². The molecular formula is C26H29FN2O2. The van der Waals surface area contributed by atoms with Crippen LogP contribution in [0.1, 0.15) is 52.0 Å². The maximum atomic E-state index is 14.3. The highest BCUT2D eigenvalue weighted by Gasteiger charge is 2.34. The fraction of sp³-hybridized carbons (Fsp3) is 0.346. The molecule has 0 aliphatic carbocycles. The maximum absolute atomic E-state index is 14.3. The quantitative estimate of drug-likeness (QED) is 0.289. The lowest BCUT2D eigenvalue weighted by Crippen LogP contribution is -2.34. The minimum Gasteiger partial charge on any atom is -0.424 e. The van der Waals surface area contributed by atoms with Crippen LogP contribution in [-0.2, 0) is 11.2 Å². The third-order valence-electron chi connectivity index (χ3n) is 5.23. The number of hydrogen-bond acceptors (Lipinski definition) is 4. The van der Waals surface area contributed by atoms with Gasteiger partial charge in [-0.25, -0.2) is 19.2 Å². The zero-order valence-electron chi connectivity index (χ0n) is 18.4. The van der Waals surface area contributed by atoms with Gasteiger partial charge in [0.1, 0.15) is 5.75 Å². The summed E-state index contributed by atoms with van der Waals surface area (Å²) in [6, 6.07) is 15.3. The zero-order valence-corrected chi connectivity index (χ0v) is 18.4. The number of hydrogen-bond donors (Lipinski definition) is 0. The van der Waals surface area contributed by atoms with Crippen LogP contribution in [0.4, 0.5) is 4.39 Å². The van der Waals surface area contributed by atoms with Crippen molar-refractivity contribution in [1.29, 1.82) is 0 Å². The van der Waals surface area contributed by atoms with E-state index in [9.17, 15) is 9.18 Å². The Morgan fingerprint density at radius 3 is 2.10 bits per heavy atom. The van der Waals surface area contributed by atoms with Crippen molar-refractivity contribution in [3.8, 4) is 28.3 Å². The number of aryl methyl sites for hydroxylation is 1. The van der Waals surface area contributed by atoms with Crippen LogP contribution >= 0.6 is 0 Å². The molecule has 2 aromatic carbocycles. The summed E-state index contributed by atoms with van der Waals surface area (Å²) < 4.78 is 19.5. The lowest BCUT2D eigenvalue weighted by molar-refractivity contribution is -0.147. The van der Waals surface area contributed by atoms with Crippen LogP contribution in [0.3, 0.4) is 0 Å². The molecule has 0 bridgehead atoms. The molecule has 0 N–H and O–H groups in total. The van der Waals surface area contributed by atoms with Crippen molar-refractivity contribution in [2.24, 2.45) is 0 Å². The molecule has 1 heterocycles. The van der Waals surface area contributed by atoms with E-state index in [1.165, 1.54) is 25.3 Å². The first kappa shape index (κ1) is 22.6. The molecule has 162 valence electrons. The minimum atomic E-state index is -1.98. The Morgan fingerprint density at radius 2 is 1.52 bits per heavy atom. The monoisotopic (exact) mass is 420 g/mol. The van der Waals surface area contributed by atoms with E-state index in [-0.39, 0.29) is 6.42 Å². The first-order valence-electron chi connectivity index (χ1n) is 10.9. The number of carbonyl (C=O) groups excluding carboxylic acids is 1. The average Bonchev–Trinajstić information content (AvgIpc) is 2.78. The highest BCUT2D eigenvalue weighted by Crippen LogP contribution is 2.25. The predicted molar refractivity (Wildman–Crippen MR) is 122 cm³/mol. The van der Waals surface area contributed by atoms with Gasteiger partial charge in [-0.2, -0.15) is 0 Å². The van der Waals surface area contributed by atoms with Crippen LogP contribution < -0.4 is 4.74 Å². The van der Waals surface area contributed by atoms with Crippen molar-refractivity contribution < 1.29 is 13.9 Å². The van der Waals surface area contributed by atoms with E-state index >= 15 is 0 Å². The number of alkyl halides is 1. The van der Waals surface area contributed by atoms with Gasteiger partial charge in [0.25, 0.3) is 0 Å². The van der Waals surface area contributed by atoms with Gasteiger partial charge in [-0.05, 0) is 49.4 Å². The van der Waals surface area contributed by atoms with Crippen LogP contribution in [0.15, 0.2) is 60.9 Å². The molecule has 1 atom stereocenters. The fourth-order valence-corrected chi connectivity index (χ4v) is 3.33. The molecule has 0 saturated carbocycles. The fourth-order valence-electron chi connectivity index (χ4n) is 3.33. The Morgan fingerprint density at radius 1 is 0.903 bits per heavy atom. The molecule has 0 aliphatic heterocycles. The normalized spacial score (nSPS) is 12.9. The standard InChI is InChI=1S/C26H29FN2O2/c1-4-6-7-19-8-10-21(11-9-19)24-28-17-22(18-29-24)20-12-14-23(15-13-20)31-25(30)26(3,27)16-5-2/h8-15,17-18H,4-7,16H2,1-3H3. The molecular weight excluding hydrogens is 391 g/mol. The Labute approximate surface area is 183 Å². The average molecular weight is 421 g/mol. The first-order valence-corrected chi connectivity index (χ1v) is 10.9. The van der Waals surface area contributed by atoms with Gasteiger partial charge in [0.05, 0.1) is 0 Å². The third kappa shape index (κ3) is 5.97. The van der Waals surface area contributed by atoms with Gasteiger partial charge in [-0.3, -0.25) is 0 Å². The number of rotatable bonds is 9. The SMILES string of the molecule is CCCCc1ccc(-c2ncc(-c3ccc(OC(=O)C(C)(F)CCC)cc3)cn2)cc1. The van der Waals surface area contributed by atoms with Gasteiger partial charge in [0.15, 0.2) is 5.82 Å². The molecule has 1 aromatic heterocycles. The molecule has 0 radical (unpaired) electrons. The molecule has 0 aliphatic rings. The van der Waals surface area contributed by atoms with Gasteiger partial charge in [0.2, 0.25) is 5.67 Å². The van der Waals surface area contributed by atoms with Crippen molar-refractivity contribution in [3.63, 3.8) is 0 Å². The highest BCUT2D eigenvalue weighted by molar-refractivity contribution is 5.81. The summed E-state index contributed by atoms with van der Waals surface area (Å²) in [5, 5.41) is 0. The van der Waals surface area contributed by atoms with Crippen molar-refractivity contribution in [1.82, 2.24) is 9.97 Å². The molecule has 5 heteroatoms. The van der Waals surface area contributed by atoms with E-state index in [0.29, 0.717) is 18.0 Å². The predicted octanol–water partition coefficient (Wildman–Crippen LogP) is 6.59. The van der Waals surface area contributed by atoms with Crippen LogP contribution in [0.2, 0.25) is 0 Å². The molecule has 4 nitrogen and oxygen atoms in total. The number of benzene rings is 2. The Hall–Kier alpha value is -3.08. The van der Waals surface area contributed by atoms with E-state index in [0.717, 1.165) is 23.1 Å².